The first-order valence-corrected chi connectivity index (χ1v) is 4.00. The van der Waals surface area contributed by atoms with Gasteiger partial charge in [-0.25, -0.2) is 5.10 Å². The number of aromatic nitrogens is 2. The molecule has 14 heavy (non-hydrogen) atoms. The highest BCUT2D eigenvalue weighted by Crippen LogP contribution is 2.21. The lowest BCUT2D eigenvalue weighted by Gasteiger charge is -2.06. The molecule has 1 rings (SSSR count). The molecule has 1 N–H and O–H groups in total. The number of hydrogen-bond donors (Lipinski definition) is 1. The van der Waals surface area contributed by atoms with E-state index in [2.05, 4.69) is 10.2 Å². The summed E-state index contributed by atoms with van der Waals surface area (Å²) in [6.07, 6.45) is -5.32. The van der Waals surface area contributed by atoms with Crippen LogP contribution in [-0.2, 0) is 6.42 Å². The Morgan fingerprint density at radius 1 is 1.50 bits per heavy atom. The monoisotopic (exact) mass is 206 g/mol. The van der Waals surface area contributed by atoms with Crippen molar-refractivity contribution >= 4 is 0 Å². The molecule has 0 aliphatic heterocycles. The SMILES string of the molecule is Cc1cc(=O)[nH]nc1CCC(F)(F)F. The molecule has 0 radical (unpaired) electrons. The zero-order valence-electron chi connectivity index (χ0n) is 7.48. The maximum absolute atomic E-state index is 11.9. The van der Waals surface area contributed by atoms with Crippen LogP contribution in [0.5, 0.6) is 0 Å². The standard InChI is InChI=1S/C8H9F3N2O/c1-5-4-7(14)13-12-6(5)2-3-8(9,10)11/h4H,2-3H2,1H3,(H,13,14). The molecule has 6 heteroatoms. The Morgan fingerprint density at radius 2 is 2.14 bits per heavy atom. The second kappa shape index (κ2) is 3.81. The van der Waals surface area contributed by atoms with Crippen molar-refractivity contribution in [3.8, 4) is 0 Å². The molecule has 0 atom stereocenters. The first-order chi connectivity index (χ1) is 6.38. The van der Waals surface area contributed by atoms with Crippen LogP contribution >= 0.6 is 0 Å². The van der Waals surface area contributed by atoms with Gasteiger partial charge in [-0.1, -0.05) is 0 Å². The van der Waals surface area contributed by atoms with E-state index in [0.29, 0.717) is 5.56 Å². The summed E-state index contributed by atoms with van der Waals surface area (Å²) >= 11 is 0. The van der Waals surface area contributed by atoms with Gasteiger partial charge in [-0.2, -0.15) is 18.3 Å². The average Bonchev–Trinajstić information content (AvgIpc) is 2.00. The number of aromatic amines is 1. The van der Waals surface area contributed by atoms with Crippen molar-refractivity contribution in [2.75, 3.05) is 0 Å². The van der Waals surface area contributed by atoms with E-state index in [1.807, 2.05) is 0 Å². The quantitative estimate of drug-likeness (QED) is 0.798. The predicted octanol–water partition coefficient (Wildman–Crippen LogP) is 1.57. The van der Waals surface area contributed by atoms with E-state index in [4.69, 9.17) is 0 Å². The van der Waals surface area contributed by atoms with Crippen LogP contribution in [0.4, 0.5) is 13.2 Å². The van der Waals surface area contributed by atoms with Gasteiger partial charge in [-0.3, -0.25) is 4.79 Å². The molecule has 0 bridgehead atoms. The fourth-order valence-electron chi connectivity index (χ4n) is 1.04. The molecule has 3 nitrogen and oxygen atoms in total. The summed E-state index contributed by atoms with van der Waals surface area (Å²) in [5.74, 6) is 0. The normalized spacial score (nSPS) is 11.7. The molecule has 0 aliphatic carbocycles. The number of alkyl halides is 3. The first kappa shape index (κ1) is 10.7. The predicted molar refractivity (Wildman–Crippen MR) is 44.0 cm³/mol. The molecule has 0 unspecified atom stereocenters. The molecular formula is C8H9F3N2O. The maximum Gasteiger partial charge on any atom is 0.389 e. The minimum atomic E-state index is -4.19. The molecule has 1 aromatic heterocycles. The Labute approximate surface area is 78.0 Å². The number of nitrogens with one attached hydrogen (secondary N) is 1. The Balaban J connectivity index is 2.73. The van der Waals surface area contributed by atoms with E-state index in [0.717, 1.165) is 0 Å². The van der Waals surface area contributed by atoms with Crippen LogP contribution in [0.15, 0.2) is 10.9 Å². The molecule has 0 spiro atoms. The van der Waals surface area contributed by atoms with E-state index in [1.54, 1.807) is 6.92 Å². The molecule has 1 aromatic rings. The van der Waals surface area contributed by atoms with Crippen molar-refractivity contribution in [2.24, 2.45) is 0 Å². The van der Waals surface area contributed by atoms with Gasteiger partial charge >= 0.3 is 6.18 Å². The summed E-state index contributed by atoms with van der Waals surface area (Å²) in [6.45, 7) is 1.56. The second-order valence-electron chi connectivity index (χ2n) is 2.98. The number of H-pyrrole nitrogens is 1. The molecule has 0 saturated carbocycles. The highest BCUT2D eigenvalue weighted by Gasteiger charge is 2.27. The number of halogens is 3. The van der Waals surface area contributed by atoms with Gasteiger partial charge in [0.2, 0.25) is 0 Å². The lowest BCUT2D eigenvalue weighted by atomic mass is 10.1. The van der Waals surface area contributed by atoms with Gasteiger partial charge in [0.25, 0.3) is 5.56 Å². The summed E-state index contributed by atoms with van der Waals surface area (Å²) in [4.78, 5) is 10.7. The third-order valence-electron chi connectivity index (χ3n) is 1.75. The van der Waals surface area contributed by atoms with Gasteiger partial charge in [0.15, 0.2) is 0 Å². The third-order valence-corrected chi connectivity index (χ3v) is 1.75. The molecule has 0 saturated heterocycles. The molecule has 78 valence electrons. The van der Waals surface area contributed by atoms with Gasteiger partial charge < -0.3 is 0 Å². The van der Waals surface area contributed by atoms with Crippen molar-refractivity contribution in [3.05, 3.63) is 27.7 Å². The molecular weight excluding hydrogens is 197 g/mol. The average molecular weight is 206 g/mol. The summed E-state index contributed by atoms with van der Waals surface area (Å²) < 4.78 is 35.6. The van der Waals surface area contributed by atoms with Crippen molar-refractivity contribution in [3.63, 3.8) is 0 Å². The summed E-state index contributed by atoms with van der Waals surface area (Å²) in [7, 11) is 0. The Bertz CT molecular complexity index is 370. The Morgan fingerprint density at radius 3 is 2.64 bits per heavy atom. The van der Waals surface area contributed by atoms with Crippen LogP contribution in [-0.4, -0.2) is 16.4 Å². The van der Waals surface area contributed by atoms with Crippen LogP contribution in [0.25, 0.3) is 0 Å². The Kier molecular flexibility index (Phi) is 2.93. The van der Waals surface area contributed by atoms with Gasteiger partial charge in [0.05, 0.1) is 5.69 Å². The molecule has 0 aromatic carbocycles. The van der Waals surface area contributed by atoms with Crippen molar-refractivity contribution < 1.29 is 13.2 Å². The van der Waals surface area contributed by atoms with Crippen LogP contribution in [0.2, 0.25) is 0 Å². The van der Waals surface area contributed by atoms with Crippen LogP contribution in [0.1, 0.15) is 17.7 Å². The lowest BCUT2D eigenvalue weighted by Crippen LogP contribution is -2.14. The van der Waals surface area contributed by atoms with E-state index < -0.39 is 18.2 Å². The van der Waals surface area contributed by atoms with Gasteiger partial charge in [-0.15, -0.1) is 0 Å². The van der Waals surface area contributed by atoms with E-state index >= 15 is 0 Å². The molecule has 0 aliphatic rings. The fourth-order valence-corrected chi connectivity index (χ4v) is 1.04. The number of aryl methyl sites for hydroxylation is 2. The molecule has 0 amide bonds. The Hall–Kier alpha value is -1.33. The zero-order chi connectivity index (χ0) is 10.8. The minimum absolute atomic E-state index is 0.202. The smallest absolute Gasteiger partial charge is 0.268 e. The van der Waals surface area contributed by atoms with Crippen molar-refractivity contribution in [2.45, 2.75) is 25.9 Å². The van der Waals surface area contributed by atoms with Crippen LogP contribution in [0.3, 0.4) is 0 Å². The van der Waals surface area contributed by atoms with Crippen molar-refractivity contribution in [1.29, 1.82) is 0 Å². The van der Waals surface area contributed by atoms with E-state index in [1.165, 1.54) is 6.07 Å². The van der Waals surface area contributed by atoms with Gasteiger partial charge in [0, 0.05) is 18.9 Å². The third kappa shape index (κ3) is 3.20. The van der Waals surface area contributed by atoms with Crippen LogP contribution in [0, 0.1) is 6.92 Å². The van der Waals surface area contributed by atoms with E-state index in [-0.39, 0.29) is 12.1 Å². The minimum Gasteiger partial charge on any atom is -0.268 e. The number of rotatable bonds is 2. The van der Waals surface area contributed by atoms with Gasteiger partial charge in [0.1, 0.15) is 0 Å². The zero-order valence-corrected chi connectivity index (χ0v) is 7.48. The van der Waals surface area contributed by atoms with Crippen LogP contribution < -0.4 is 5.56 Å². The highest BCUT2D eigenvalue weighted by atomic mass is 19.4. The highest BCUT2D eigenvalue weighted by molar-refractivity contribution is 5.15. The lowest BCUT2D eigenvalue weighted by molar-refractivity contribution is -0.134. The largest absolute Gasteiger partial charge is 0.389 e. The maximum atomic E-state index is 11.9. The molecule has 0 fully saturated rings. The second-order valence-corrected chi connectivity index (χ2v) is 2.98. The van der Waals surface area contributed by atoms with Gasteiger partial charge in [-0.05, 0) is 12.5 Å². The number of nitrogens with zero attached hydrogens (tertiary/aromatic N) is 1. The summed E-state index contributed by atoms with van der Waals surface area (Å²) in [6, 6.07) is 1.23. The van der Waals surface area contributed by atoms with E-state index in [9.17, 15) is 18.0 Å². The topological polar surface area (TPSA) is 45.8 Å². The summed E-state index contributed by atoms with van der Waals surface area (Å²) in [5, 5.41) is 5.65. The summed E-state index contributed by atoms with van der Waals surface area (Å²) in [5.41, 5.74) is 0.359. The number of hydrogen-bond acceptors (Lipinski definition) is 2. The molecule has 1 heterocycles. The first-order valence-electron chi connectivity index (χ1n) is 4.00. The van der Waals surface area contributed by atoms with Crippen molar-refractivity contribution in [1.82, 2.24) is 10.2 Å². The fraction of sp³-hybridized carbons (Fsp3) is 0.500.